The van der Waals surface area contributed by atoms with E-state index < -0.39 is 0 Å². The van der Waals surface area contributed by atoms with Crippen LogP contribution in [0, 0.1) is 6.92 Å². The van der Waals surface area contributed by atoms with Crippen molar-refractivity contribution in [3.63, 3.8) is 0 Å². The van der Waals surface area contributed by atoms with Crippen molar-refractivity contribution in [1.82, 2.24) is 9.78 Å². The first kappa shape index (κ1) is 13.8. The number of rotatable bonds is 5. The molecule has 0 N–H and O–H groups in total. The molecular formula is C14H15ClN2O2. The number of methoxy groups -OCH3 is 1. The molecule has 2 rings (SSSR count). The predicted octanol–water partition coefficient (Wildman–Crippen LogP) is 2.72. The van der Waals surface area contributed by atoms with Gasteiger partial charge in [0.2, 0.25) is 5.78 Å². The van der Waals surface area contributed by atoms with Crippen LogP contribution in [0.5, 0.6) is 0 Å². The second-order valence-electron chi connectivity index (χ2n) is 4.26. The molecular weight excluding hydrogens is 264 g/mol. The van der Waals surface area contributed by atoms with E-state index in [0.29, 0.717) is 29.4 Å². The summed E-state index contributed by atoms with van der Waals surface area (Å²) in [7, 11) is 1.60. The van der Waals surface area contributed by atoms with E-state index in [2.05, 4.69) is 5.10 Å². The summed E-state index contributed by atoms with van der Waals surface area (Å²) >= 11 is 6.06. The van der Waals surface area contributed by atoms with Gasteiger partial charge in [-0.05, 0) is 13.0 Å². The lowest BCUT2D eigenvalue weighted by Gasteiger charge is -2.07. The van der Waals surface area contributed by atoms with Gasteiger partial charge < -0.3 is 4.74 Å². The number of hydrogen-bond donors (Lipinski definition) is 0. The maximum atomic E-state index is 12.5. The van der Waals surface area contributed by atoms with Gasteiger partial charge in [-0.1, -0.05) is 35.4 Å². The third kappa shape index (κ3) is 3.03. The van der Waals surface area contributed by atoms with Gasteiger partial charge in [-0.2, -0.15) is 5.10 Å². The molecule has 19 heavy (non-hydrogen) atoms. The van der Waals surface area contributed by atoms with Crippen molar-refractivity contribution in [2.24, 2.45) is 0 Å². The van der Waals surface area contributed by atoms with Crippen molar-refractivity contribution in [2.45, 2.75) is 13.5 Å². The number of hydrogen-bond acceptors (Lipinski definition) is 3. The molecule has 2 aromatic rings. The topological polar surface area (TPSA) is 44.1 Å². The van der Waals surface area contributed by atoms with E-state index in [1.165, 1.54) is 6.20 Å². The molecule has 5 heteroatoms. The highest BCUT2D eigenvalue weighted by atomic mass is 35.5. The molecule has 0 unspecified atom stereocenters. The van der Waals surface area contributed by atoms with Gasteiger partial charge >= 0.3 is 0 Å². The Labute approximate surface area is 116 Å². The van der Waals surface area contributed by atoms with E-state index in [1.54, 1.807) is 17.9 Å². The summed E-state index contributed by atoms with van der Waals surface area (Å²) in [6.45, 7) is 2.92. The van der Waals surface area contributed by atoms with E-state index in [4.69, 9.17) is 16.3 Å². The molecule has 0 aliphatic rings. The lowest BCUT2D eigenvalue weighted by Crippen LogP contribution is -2.14. The highest BCUT2D eigenvalue weighted by Crippen LogP contribution is 2.19. The van der Waals surface area contributed by atoms with Crippen LogP contribution in [0.2, 0.25) is 5.02 Å². The quantitative estimate of drug-likeness (QED) is 0.790. The minimum atomic E-state index is -0.123. The Morgan fingerprint density at radius 2 is 2.26 bits per heavy atom. The van der Waals surface area contributed by atoms with Crippen LogP contribution < -0.4 is 0 Å². The molecule has 0 bridgehead atoms. The fourth-order valence-corrected chi connectivity index (χ4v) is 2.09. The van der Waals surface area contributed by atoms with Gasteiger partial charge in [-0.3, -0.25) is 9.48 Å². The molecule has 0 amide bonds. The van der Waals surface area contributed by atoms with E-state index in [1.807, 2.05) is 25.1 Å². The van der Waals surface area contributed by atoms with Crippen LogP contribution in [-0.2, 0) is 11.3 Å². The molecule has 0 radical (unpaired) electrons. The zero-order chi connectivity index (χ0) is 13.8. The van der Waals surface area contributed by atoms with Gasteiger partial charge in [0, 0.05) is 12.7 Å². The first-order valence-electron chi connectivity index (χ1n) is 5.95. The van der Waals surface area contributed by atoms with Crippen LogP contribution in [0.25, 0.3) is 0 Å². The third-order valence-corrected chi connectivity index (χ3v) is 3.07. The molecule has 0 saturated carbocycles. The highest BCUT2D eigenvalue weighted by molar-refractivity contribution is 6.34. The zero-order valence-electron chi connectivity index (χ0n) is 10.9. The summed E-state index contributed by atoms with van der Waals surface area (Å²) in [6, 6.07) is 7.42. The van der Waals surface area contributed by atoms with Crippen LogP contribution in [0.4, 0.5) is 0 Å². The third-order valence-electron chi connectivity index (χ3n) is 2.80. The number of benzene rings is 1. The van der Waals surface area contributed by atoms with E-state index in [0.717, 1.165) is 5.56 Å². The van der Waals surface area contributed by atoms with Crippen molar-refractivity contribution >= 4 is 17.4 Å². The maximum absolute atomic E-state index is 12.5. The summed E-state index contributed by atoms with van der Waals surface area (Å²) in [5, 5.41) is 4.47. The molecule has 4 nitrogen and oxygen atoms in total. The molecule has 0 atom stereocenters. The molecule has 1 aromatic carbocycles. The van der Waals surface area contributed by atoms with Crippen LogP contribution in [-0.4, -0.2) is 29.3 Å². The second-order valence-corrected chi connectivity index (χ2v) is 4.66. The van der Waals surface area contributed by atoms with Gasteiger partial charge in [0.25, 0.3) is 0 Å². The SMILES string of the molecule is COCCn1ncc(Cl)c1C(=O)c1cccc(C)c1. The van der Waals surface area contributed by atoms with E-state index >= 15 is 0 Å². The molecule has 0 aliphatic carbocycles. The summed E-state index contributed by atoms with van der Waals surface area (Å²) in [6.07, 6.45) is 1.49. The molecule has 0 saturated heterocycles. The van der Waals surface area contributed by atoms with Gasteiger partial charge in [0.1, 0.15) is 5.69 Å². The van der Waals surface area contributed by atoms with Gasteiger partial charge in [-0.15, -0.1) is 0 Å². The first-order chi connectivity index (χ1) is 9.13. The Kier molecular flexibility index (Phi) is 4.35. The summed E-state index contributed by atoms with van der Waals surface area (Å²) in [4.78, 5) is 12.5. The number of ether oxygens (including phenoxy) is 1. The summed E-state index contributed by atoms with van der Waals surface area (Å²) in [5.41, 5.74) is 2.05. The lowest BCUT2D eigenvalue weighted by atomic mass is 10.1. The Morgan fingerprint density at radius 3 is 2.95 bits per heavy atom. The zero-order valence-corrected chi connectivity index (χ0v) is 11.6. The Bertz CT molecular complexity index is 593. The normalized spacial score (nSPS) is 10.7. The average molecular weight is 279 g/mol. The standard InChI is InChI=1S/C14H15ClN2O2/c1-10-4-3-5-11(8-10)14(18)13-12(15)9-16-17(13)6-7-19-2/h3-5,8-9H,6-7H2,1-2H3. The molecule has 0 fully saturated rings. The Balaban J connectivity index is 2.35. The molecule has 0 aliphatic heterocycles. The number of ketones is 1. The van der Waals surface area contributed by atoms with Gasteiger partial charge in [0.05, 0.1) is 24.4 Å². The monoisotopic (exact) mass is 278 g/mol. The minimum absolute atomic E-state index is 0.123. The van der Waals surface area contributed by atoms with Crippen LogP contribution in [0.15, 0.2) is 30.5 Å². The molecule has 1 aromatic heterocycles. The molecule has 0 spiro atoms. The lowest BCUT2D eigenvalue weighted by molar-refractivity contribution is 0.102. The maximum Gasteiger partial charge on any atom is 0.212 e. The Morgan fingerprint density at radius 1 is 1.47 bits per heavy atom. The largest absolute Gasteiger partial charge is 0.383 e. The molecule has 1 heterocycles. The number of carbonyl (C=O) groups is 1. The Hall–Kier alpha value is -1.65. The number of nitrogens with zero attached hydrogens (tertiary/aromatic N) is 2. The predicted molar refractivity (Wildman–Crippen MR) is 73.7 cm³/mol. The highest BCUT2D eigenvalue weighted by Gasteiger charge is 2.19. The van der Waals surface area contributed by atoms with Gasteiger partial charge in [-0.25, -0.2) is 0 Å². The average Bonchev–Trinajstić information content (AvgIpc) is 2.76. The fourth-order valence-electron chi connectivity index (χ4n) is 1.86. The van der Waals surface area contributed by atoms with Crippen LogP contribution in [0.1, 0.15) is 21.6 Å². The smallest absolute Gasteiger partial charge is 0.212 e. The van der Waals surface area contributed by atoms with Crippen LogP contribution in [0.3, 0.4) is 0 Å². The van der Waals surface area contributed by atoms with Crippen molar-refractivity contribution in [3.05, 3.63) is 52.3 Å². The number of aromatic nitrogens is 2. The van der Waals surface area contributed by atoms with E-state index in [-0.39, 0.29) is 5.78 Å². The van der Waals surface area contributed by atoms with Crippen molar-refractivity contribution in [3.8, 4) is 0 Å². The van der Waals surface area contributed by atoms with Crippen molar-refractivity contribution in [2.75, 3.05) is 13.7 Å². The summed E-state index contributed by atoms with van der Waals surface area (Å²) < 4.78 is 6.58. The summed E-state index contributed by atoms with van der Waals surface area (Å²) in [5.74, 6) is -0.123. The number of halogens is 1. The van der Waals surface area contributed by atoms with Gasteiger partial charge in [0.15, 0.2) is 0 Å². The minimum Gasteiger partial charge on any atom is -0.383 e. The fraction of sp³-hybridized carbons (Fsp3) is 0.286. The second kappa shape index (κ2) is 5.99. The van der Waals surface area contributed by atoms with Crippen molar-refractivity contribution < 1.29 is 9.53 Å². The number of carbonyl (C=O) groups excluding carboxylic acids is 1. The number of aryl methyl sites for hydroxylation is 1. The molecule has 100 valence electrons. The van der Waals surface area contributed by atoms with Crippen molar-refractivity contribution in [1.29, 1.82) is 0 Å². The van der Waals surface area contributed by atoms with E-state index in [9.17, 15) is 4.79 Å². The first-order valence-corrected chi connectivity index (χ1v) is 6.33. The van der Waals surface area contributed by atoms with Crippen LogP contribution >= 0.6 is 11.6 Å².